The third kappa shape index (κ3) is 4.07. The number of carbonyl (C=O) groups is 1. The lowest BCUT2D eigenvalue weighted by Gasteiger charge is -2.20. The topological polar surface area (TPSA) is 152 Å². The third-order valence-electron chi connectivity index (χ3n) is 6.92. The number of pyridine rings is 1. The van der Waals surface area contributed by atoms with Crippen molar-refractivity contribution in [2.75, 3.05) is 28.2 Å². The van der Waals surface area contributed by atoms with Crippen LogP contribution in [0.25, 0.3) is 10.9 Å². The van der Waals surface area contributed by atoms with Gasteiger partial charge in [-0.25, -0.2) is 14.2 Å². The fourth-order valence-electron chi connectivity index (χ4n) is 4.90. The number of carboxylic acids is 1. The van der Waals surface area contributed by atoms with Crippen LogP contribution in [0.2, 0.25) is 0 Å². The van der Waals surface area contributed by atoms with E-state index in [0.717, 1.165) is 48.7 Å². The molecule has 0 amide bonds. The van der Waals surface area contributed by atoms with E-state index in [2.05, 4.69) is 20.2 Å². The molecule has 188 valence electrons. The van der Waals surface area contributed by atoms with Gasteiger partial charge in [-0.05, 0) is 55.2 Å². The van der Waals surface area contributed by atoms with Crippen LogP contribution in [0.1, 0.15) is 40.4 Å². The van der Waals surface area contributed by atoms with E-state index in [1.54, 1.807) is 16.8 Å². The van der Waals surface area contributed by atoms with Crippen molar-refractivity contribution in [3.8, 4) is 0 Å². The fraction of sp³-hybridized carbons (Fsp3) is 0.231. The monoisotopic (exact) mass is 501 g/mol. The maximum atomic E-state index is 15.1. The lowest BCUT2D eigenvalue weighted by molar-refractivity contribution is 0.0695. The molecule has 0 radical (unpaired) electrons. The molecule has 0 bridgehead atoms. The van der Waals surface area contributed by atoms with Gasteiger partial charge in [-0.3, -0.25) is 4.79 Å². The Morgan fingerprint density at radius 1 is 1.22 bits per heavy atom. The first-order valence-electron chi connectivity index (χ1n) is 11.9. The van der Waals surface area contributed by atoms with Gasteiger partial charge in [0.15, 0.2) is 0 Å². The molecule has 0 saturated heterocycles. The standard InChI is InChI=1S/C26H24FN7O3/c27-19-8-17-22(34(16-2-3-16)12-18(23(17)35)25(36)37)9-20(19)31-15-1-4-21-13(7-15)5-6-33(21)11-14-10-30-26(29)32-24(14)28/h1,4,7-10,12,16,31H,2-3,5-6,11H2,(H,36,37)(H4,28,29,30,32). The molecule has 3 heterocycles. The van der Waals surface area contributed by atoms with Crippen LogP contribution < -0.4 is 27.1 Å². The van der Waals surface area contributed by atoms with Gasteiger partial charge in [-0.1, -0.05) is 0 Å². The minimum absolute atomic E-state index is 0.0605. The number of nitrogens with two attached hydrogens (primary N) is 2. The Hall–Kier alpha value is -4.67. The molecule has 1 aliphatic carbocycles. The third-order valence-corrected chi connectivity index (χ3v) is 6.92. The van der Waals surface area contributed by atoms with E-state index in [1.165, 1.54) is 6.20 Å². The molecule has 1 saturated carbocycles. The number of hydrogen-bond acceptors (Lipinski definition) is 8. The van der Waals surface area contributed by atoms with Crippen LogP contribution >= 0.6 is 0 Å². The number of aromatic carboxylic acids is 1. The lowest BCUT2D eigenvalue weighted by Crippen LogP contribution is -2.21. The molecule has 2 aromatic heterocycles. The van der Waals surface area contributed by atoms with Crippen LogP contribution in [-0.4, -0.2) is 32.2 Å². The summed E-state index contributed by atoms with van der Waals surface area (Å²) >= 11 is 0. The van der Waals surface area contributed by atoms with Gasteiger partial charge in [0.25, 0.3) is 0 Å². The summed E-state index contributed by atoms with van der Waals surface area (Å²) in [6.07, 6.45) is 5.57. The number of hydrogen-bond donors (Lipinski definition) is 4. The lowest BCUT2D eigenvalue weighted by atomic mass is 10.1. The van der Waals surface area contributed by atoms with Crippen molar-refractivity contribution in [1.29, 1.82) is 0 Å². The minimum atomic E-state index is -1.32. The van der Waals surface area contributed by atoms with Crippen LogP contribution in [0.15, 0.2) is 47.5 Å². The molecule has 6 rings (SSSR count). The zero-order chi connectivity index (χ0) is 25.8. The molecular weight excluding hydrogens is 477 g/mol. The molecule has 37 heavy (non-hydrogen) atoms. The second kappa shape index (κ2) is 8.47. The van der Waals surface area contributed by atoms with Gasteiger partial charge in [0.05, 0.1) is 11.2 Å². The Morgan fingerprint density at radius 3 is 2.76 bits per heavy atom. The van der Waals surface area contributed by atoms with Crippen molar-refractivity contribution in [3.63, 3.8) is 0 Å². The quantitative estimate of drug-likeness (QED) is 0.311. The van der Waals surface area contributed by atoms with Crippen molar-refractivity contribution in [1.82, 2.24) is 14.5 Å². The van der Waals surface area contributed by atoms with Crippen molar-refractivity contribution in [3.05, 3.63) is 75.5 Å². The SMILES string of the molecule is Nc1ncc(CN2CCc3cc(Nc4cc5c(cc4F)c(=O)c(C(=O)O)cn5C4CC4)ccc32)c(N)n1. The first-order chi connectivity index (χ1) is 17.8. The van der Waals surface area contributed by atoms with E-state index in [-0.39, 0.29) is 28.6 Å². The summed E-state index contributed by atoms with van der Waals surface area (Å²) in [7, 11) is 0. The molecule has 2 aliphatic rings. The van der Waals surface area contributed by atoms with Gasteiger partial charge in [0.2, 0.25) is 11.4 Å². The van der Waals surface area contributed by atoms with Crippen LogP contribution in [-0.2, 0) is 13.0 Å². The number of halogens is 1. The highest BCUT2D eigenvalue weighted by atomic mass is 19.1. The molecule has 4 aromatic rings. The molecule has 1 fully saturated rings. The van der Waals surface area contributed by atoms with Crippen LogP contribution in [0.3, 0.4) is 0 Å². The molecule has 0 atom stereocenters. The van der Waals surface area contributed by atoms with Crippen LogP contribution in [0, 0.1) is 5.82 Å². The van der Waals surface area contributed by atoms with Crippen molar-refractivity contribution >= 4 is 45.7 Å². The number of benzene rings is 2. The molecule has 2 aromatic carbocycles. The summed E-state index contributed by atoms with van der Waals surface area (Å²) in [5, 5.41) is 12.6. The first-order valence-corrected chi connectivity index (χ1v) is 11.9. The average molecular weight is 502 g/mol. The van der Waals surface area contributed by atoms with Gasteiger partial charge < -0.3 is 31.4 Å². The zero-order valence-electron chi connectivity index (χ0n) is 19.7. The Balaban J connectivity index is 1.30. The van der Waals surface area contributed by atoms with Crippen molar-refractivity contribution < 1.29 is 14.3 Å². The molecule has 0 unspecified atom stereocenters. The number of rotatable bonds is 6. The smallest absolute Gasteiger partial charge is 0.341 e. The van der Waals surface area contributed by atoms with Crippen molar-refractivity contribution in [2.45, 2.75) is 31.8 Å². The molecule has 11 heteroatoms. The number of nitrogens with one attached hydrogen (secondary N) is 1. The van der Waals surface area contributed by atoms with E-state index < -0.39 is 17.2 Å². The largest absolute Gasteiger partial charge is 0.477 e. The summed E-state index contributed by atoms with van der Waals surface area (Å²) in [4.78, 5) is 34.5. The summed E-state index contributed by atoms with van der Waals surface area (Å²) in [5.41, 5.74) is 14.9. The Labute approximate surface area is 210 Å². The number of fused-ring (bicyclic) bond motifs is 2. The second-order valence-corrected chi connectivity index (χ2v) is 9.44. The van der Waals surface area contributed by atoms with Gasteiger partial charge in [0, 0.05) is 53.8 Å². The number of carboxylic acid groups (broad SMARTS) is 1. The van der Waals surface area contributed by atoms with E-state index in [1.807, 2.05) is 18.2 Å². The van der Waals surface area contributed by atoms with Gasteiger partial charge >= 0.3 is 5.97 Å². The molecule has 0 spiro atoms. The fourth-order valence-corrected chi connectivity index (χ4v) is 4.90. The predicted octanol–water partition coefficient (Wildman–Crippen LogP) is 3.43. The summed E-state index contributed by atoms with van der Waals surface area (Å²) < 4.78 is 16.9. The molecule has 1 aliphatic heterocycles. The minimum Gasteiger partial charge on any atom is -0.477 e. The number of aromatic nitrogens is 3. The highest BCUT2D eigenvalue weighted by molar-refractivity contribution is 5.94. The zero-order valence-corrected chi connectivity index (χ0v) is 19.7. The Kier molecular flexibility index (Phi) is 5.21. The van der Waals surface area contributed by atoms with Gasteiger partial charge in [0.1, 0.15) is 17.2 Å². The van der Waals surface area contributed by atoms with Crippen molar-refractivity contribution in [2.24, 2.45) is 0 Å². The predicted molar refractivity (Wildman–Crippen MR) is 139 cm³/mol. The molecule has 10 nitrogen and oxygen atoms in total. The van der Waals surface area contributed by atoms with E-state index >= 15 is 4.39 Å². The van der Waals surface area contributed by atoms with Crippen LogP contribution in [0.5, 0.6) is 0 Å². The number of nitrogen functional groups attached to an aromatic ring is 2. The molecule has 6 N–H and O–H groups in total. The second-order valence-electron chi connectivity index (χ2n) is 9.44. The highest BCUT2D eigenvalue weighted by Crippen LogP contribution is 2.38. The van der Waals surface area contributed by atoms with Gasteiger partial charge in [-0.2, -0.15) is 4.98 Å². The summed E-state index contributed by atoms with van der Waals surface area (Å²) in [5.74, 6) is -1.46. The summed E-state index contributed by atoms with van der Waals surface area (Å²) in [6.45, 7) is 1.33. The summed E-state index contributed by atoms with van der Waals surface area (Å²) in [6, 6.07) is 8.62. The maximum Gasteiger partial charge on any atom is 0.341 e. The average Bonchev–Trinajstić information content (AvgIpc) is 3.63. The van der Waals surface area contributed by atoms with Gasteiger partial charge in [-0.15, -0.1) is 0 Å². The highest BCUT2D eigenvalue weighted by Gasteiger charge is 2.27. The molecular formula is C26H24FN7O3. The normalized spacial score (nSPS) is 14.7. The van der Waals surface area contributed by atoms with E-state index in [0.29, 0.717) is 23.6 Å². The van der Waals surface area contributed by atoms with E-state index in [9.17, 15) is 14.7 Å². The first kappa shape index (κ1) is 22.8. The Morgan fingerprint density at radius 2 is 2.03 bits per heavy atom. The number of anilines is 5. The maximum absolute atomic E-state index is 15.1. The Bertz CT molecular complexity index is 1650. The number of nitrogens with zero attached hydrogens (tertiary/aromatic N) is 4. The van der Waals surface area contributed by atoms with E-state index in [4.69, 9.17) is 11.5 Å². The van der Waals surface area contributed by atoms with Crippen LogP contribution in [0.4, 0.5) is 33.2 Å².